The minimum absolute atomic E-state index is 0.460. The fourth-order valence-electron chi connectivity index (χ4n) is 1.81. The molecule has 90 valence electrons. The summed E-state index contributed by atoms with van der Waals surface area (Å²) in [5.74, 6) is 1.09. The molecule has 0 spiro atoms. The summed E-state index contributed by atoms with van der Waals surface area (Å²) in [5.41, 5.74) is -0.576. The van der Waals surface area contributed by atoms with E-state index in [1.54, 1.807) is 26.2 Å². The molecule has 1 N–H and O–H groups in total. The zero-order chi connectivity index (χ0) is 12.5. The number of rotatable bonds is 3. The van der Waals surface area contributed by atoms with Gasteiger partial charge in [-0.3, -0.25) is 0 Å². The summed E-state index contributed by atoms with van der Waals surface area (Å²) < 4.78 is 11.3. The lowest BCUT2D eigenvalue weighted by Crippen LogP contribution is -2.23. The second-order valence-corrected chi connectivity index (χ2v) is 4.72. The zero-order valence-electron chi connectivity index (χ0n) is 9.61. The first-order valence-corrected chi connectivity index (χ1v) is 5.96. The monoisotopic (exact) mass is 296 g/mol. The van der Waals surface area contributed by atoms with Gasteiger partial charge in [-0.2, -0.15) is 0 Å². The maximum atomic E-state index is 10.6. The number of benzene rings is 1. The van der Waals surface area contributed by atoms with Crippen molar-refractivity contribution < 1.29 is 14.3 Å². The third kappa shape index (κ3) is 2.10. The van der Waals surface area contributed by atoms with Gasteiger partial charge in [0, 0.05) is 5.56 Å². The van der Waals surface area contributed by atoms with Crippen molar-refractivity contribution in [3.8, 4) is 5.75 Å². The summed E-state index contributed by atoms with van der Waals surface area (Å²) in [7, 11) is 1.58. The number of furan rings is 1. The Hall–Kier alpha value is -1.26. The van der Waals surface area contributed by atoms with Gasteiger partial charge in [0.1, 0.15) is 11.4 Å². The van der Waals surface area contributed by atoms with E-state index >= 15 is 0 Å². The Balaban J connectivity index is 2.55. The van der Waals surface area contributed by atoms with Gasteiger partial charge in [0.15, 0.2) is 5.76 Å². The zero-order valence-corrected chi connectivity index (χ0v) is 11.2. The molecular weight excluding hydrogens is 284 g/mol. The van der Waals surface area contributed by atoms with Crippen LogP contribution in [0, 0.1) is 0 Å². The fourth-order valence-corrected chi connectivity index (χ4v) is 2.40. The summed E-state index contributed by atoms with van der Waals surface area (Å²) in [6.07, 6.45) is 1.53. The van der Waals surface area contributed by atoms with Crippen LogP contribution in [0.4, 0.5) is 0 Å². The molecule has 0 radical (unpaired) electrons. The van der Waals surface area contributed by atoms with Crippen molar-refractivity contribution in [2.24, 2.45) is 0 Å². The Kier molecular flexibility index (Phi) is 3.26. The standard InChI is InChI=1S/C13H13BrO3/c1-13(15,12-10(14)7-8-17-12)9-5-3-4-6-11(9)16-2/h3-8,15H,1-2H3. The lowest BCUT2D eigenvalue weighted by atomic mass is 9.92. The lowest BCUT2D eigenvalue weighted by molar-refractivity contribution is 0.0730. The molecule has 0 amide bonds. The highest BCUT2D eigenvalue weighted by molar-refractivity contribution is 9.10. The van der Waals surface area contributed by atoms with Gasteiger partial charge in [0.05, 0.1) is 17.8 Å². The molecule has 0 aliphatic heterocycles. The highest BCUT2D eigenvalue weighted by atomic mass is 79.9. The Bertz CT molecular complexity index is 517. The van der Waals surface area contributed by atoms with E-state index in [1.807, 2.05) is 18.2 Å². The van der Waals surface area contributed by atoms with Crippen LogP contribution in [0.15, 0.2) is 45.5 Å². The molecule has 1 aromatic carbocycles. The Morgan fingerprint density at radius 3 is 2.59 bits per heavy atom. The molecule has 17 heavy (non-hydrogen) atoms. The summed E-state index contributed by atoms with van der Waals surface area (Å²) in [6, 6.07) is 9.08. The largest absolute Gasteiger partial charge is 0.496 e. The van der Waals surface area contributed by atoms with Crippen LogP contribution in [0.3, 0.4) is 0 Å². The number of aliphatic hydroxyl groups is 1. The molecule has 0 fully saturated rings. The van der Waals surface area contributed by atoms with Gasteiger partial charge in [-0.05, 0) is 35.0 Å². The molecule has 3 nitrogen and oxygen atoms in total. The first-order chi connectivity index (χ1) is 8.07. The molecule has 0 saturated heterocycles. The third-order valence-electron chi connectivity index (χ3n) is 2.69. The molecule has 2 rings (SSSR count). The highest BCUT2D eigenvalue weighted by Crippen LogP contribution is 2.38. The van der Waals surface area contributed by atoms with Crippen LogP contribution in [-0.2, 0) is 5.60 Å². The number of halogens is 1. The summed E-state index contributed by atoms with van der Waals surface area (Å²) in [6.45, 7) is 1.68. The van der Waals surface area contributed by atoms with Gasteiger partial charge in [-0.25, -0.2) is 0 Å². The number of ether oxygens (including phenoxy) is 1. The fraction of sp³-hybridized carbons (Fsp3) is 0.231. The molecule has 1 atom stereocenters. The molecule has 0 aliphatic rings. The Morgan fingerprint density at radius 2 is 2.00 bits per heavy atom. The van der Waals surface area contributed by atoms with E-state index in [0.29, 0.717) is 17.1 Å². The minimum atomic E-state index is -1.24. The summed E-state index contributed by atoms with van der Waals surface area (Å²) in [5, 5.41) is 10.6. The van der Waals surface area contributed by atoms with Crippen molar-refractivity contribution >= 4 is 15.9 Å². The molecule has 4 heteroatoms. The van der Waals surface area contributed by atoms with Gasteiger partial charge in [-0.15, -0.1) is 0 Å². The van der Waals surface area contributed by atoms with Gasteiger partial charge >= 0.3 is 0 Å². The van der Waals surface area contributed by atoms with Crippen molar-refractivity contribution in [1.29, 1.82) is 0 Å². The Morgan fingerprint density at radius 1 is 1.29 bits per heavy atom. The molecule has 0 saturated carbocycles. The van der Waals surface area contributed by atoms with Crippen molar-refractivity contribution in [3.05, 3.63) is 52.4 Å². The summed E-state index contributed by atoms with van der Waals surface area (Å²) >= 11 is 3.35. The first-order valence-electron chi connectivity index (χ1n) is 5.16. The molecular formula is C13H13BrO3. The molecule has 1 aromatic heterocycles. The van der Waals surface area contributed by atoms with E-state index in [4.69, 9.17) is 9.15 Å². The van der Waals surface area contributed by atoms with Crippen LogP contribution in [0.5, 0.6) is 5.75 Å². The van der Waals surface area contributed by atoms with Gasteiger partial charge in [0.25, 0.3) is 0 Å². The third-order valence-corrected chi connectivity index (χ3v) is 3.32. The van der Waals surface area contributed by atoms with Crippen LogP contribution in [-0.4, -0.2) is 12.2 Å². The van der Waals surface area contributed by atoms with Crippen LogP contribution in [0.2, 0.25) is 0 Å². The highest BCUT2D eigenvalue weighted by Gasteiger charge is 2.33. The van der Waals surface area contributed by atoms with Gasteiger partial charge in [-0.1, -0.05) is 18.2 Å². The first kappa shape index (κ1) is 12.2. The van der Waals surface area contributed by atoms with Crippen LogP contribution in [0.1, 0.15) is 18.2 Å². The predicted octanol–water partition coefficient (Wildman–Crippen LogP) is 3.31. The van der Waals surface area contributed by atoms with E-state index in [0.717, 1.165) is 4.47 Å². The average molecular weight is 297 g/mol. The van der Waals surface area contributed by atoms with Crippen LogP contribution in [0.25, 0.3) is 0 Å². The van der Waals surface area contributed by atoms with E-state index in [-0.39, 0.29) is 0 Å². The second kappa shape index (κ2) is 4.55. The summed E-state index contributed by atoms with van der Waals surface area (Å²) in [4.78, 5) is 0. The smallest absolute Gasteiger partial charge is 0.153 e. The normalized spacial score (nSPS) is 14.4. The van der Waals surface area contributed by atoms with E-state index in [1.165, 1.54) is 6.26 Å². The molecule has 0 aliphatic carbocycles. The number of hydrogen-bond donors (Lipinski definition) is 1. The quantitative estimate of drug-likeness (QED) is 0.945. The minimum Gasteiger partial charge on any atom is -0.496 e. The molecule has 1 heterocycles. The molecule has 2 aromatic rings. The maximum absolute atomic E-state index is 10.6. The average Bonchev–Trinajstić information content (AvgIpc) is 2.76. The molecule has 0 bridgehead atoms. The van der Waals surface area contributed by atoms with Crippen molar-refractivity contribution in [3.63, 3.8) is 0 Å². The number of para-hydroxylation sites is 1. The van der Waals surface area contributed by atoms with E-state index < -0.39 is 5.60 Å². The lowest BCUT2D eigenvalue weighted by Gasteiger charge is -2.24. The maximum Gasteiger partial charge on any atom is 0.153 e. The number of methoxy groups -OCH3 is 1. The number of hydrogen-bond acceptors (Lipinski definition) is 3. The SMILES string of the molecule is COc1ccccc1C(C)(O)c1occc1Br. The van der Waals surface area contributed by atoms with Crippen molar-refractivity contribution in [2.45, 2.75) is 12.5 Å². The predicted molar refractivity (Wildman–Crippen MR) is 68.1 cm³/mol. The Labute approximate surface area is 108 Å². The molecule has 1 unspecified atom stereocenters. The van der Waals surface area contributed by atoms with Crippen LogP contribution >= 0.6 is 15.9 Å². The van der Waals surface area contributed by atoms with Crippen LogP contribution < -0.4 is 4.74 Å². The van der Waals surface area contributed by atoms with Crippen molar-refractivity contribution in [1.82, 2.24) is 0 Å². The van der Waals surface area contributed by atoms with Crippen molar-refractivity contribution in [2.75, 3.05) is 7.11 Å². The van der Waals surface area contributed by atoms with E-state index in [9.17, 15) is 5.11 Å². The topological polar surface area (TPSA) is 42.6 Å². The van der Waals surface area contributed by atoms with Gasteiger partial charge < -0.3 is 14.3 Å². The second-order valence-electron chi connectivity index (χ2n) is 3.87. The van der Waals surface area contributed by atoms with E-state index in [2.05, 4.69) is 15.9 Å². The van der Waals surface area contributed by atoms with Gasteiger partial charge in [0.2, 0.25) is 0 Å².